The second-order valence-electron chi connectivity index (χ2n) is 8.56. The van der Waals surface area contributed by atoms with Crippen LogP contribution < -0.4 is 14.8 Å². The zero-order chi connectivity index (χ0) is 25.9. The maximum Gasteiger partial charge on any atom is 0.163 e. The van der Waals surface area contributed by atoms with Crippen LogP contribution in [0.3, 0.4) is 0 Å². The van der Waals surface area contributed by atoms with Crippen molar-refractivity contribution in [3.63, 3.8) is 0 Å². The summed E-state index contributed by atoms with van der Waals surface area (Å²) in [7, 11) is 3.25. The second-order valence-corrected chi connectivity index (χ2v) is 9.41. The third-order valence-electron chi connectivity index (χ3n) is 6.22. The molecule has 8 heteroatoms. The monoisotopic (exact) mass is 520 g/mol. The zero-order valence-corrected chi connectivity index (χ0v) is 21.7. The highest BCUT2D eigenvalue weighted by Crippen LogP contribution is 2.38. The number of benzene rings is 3. The number of methoxy groups -OCH3 is 2. The Balaban J connectivity index is 1.36. The number of nitrogens with one attached hydrogen (secondary N) is 1. The third-order valence-corrected chi connectivity index (χ3v) is 7.10. The lowest BCUT2D eigenvalue weighted by Gasteiger charge is -2.10. The summed E-state index contributed by atoms with van der Waals surface area (Å²) >= 11 is 1.61. The average Bonchev–Trinajstić information content (AvgIpc) is 3.64. The molecule has 7 nitrogen and oxygen atoms in total. The maximum absolute atomic E-state index is 5.68. The van der Waals surface area contributed by atoms with E-state index in [1.807, 2.05) is 72.8 Å². The van der Waals surface area contributed by atoms with Gasteiger partial charge in [-0.25, -0.2) is 9.97 Å². The predicted octanol–water partition coefficient (Wildman–Crippen LogP) is 7.31. The molecular formula is C30H24N4O3S. The molecule has 0 aliphatic heterocycles. The van der Waals surface area contributed by atoms with Gasteiger partial charge in [0.15, 0.2) is 11.6 Å². The molecule has 0 aliphatic carbocycles. The largest absolute Gasteiger partial charge is 0.497 e. The predicted molar refractivity (Wildman–Crippen MR) is 151 cm³/mol. The van der Waals surface area contributed by atoms with E-state index in [1.165, 1.54) is 0 Å². The van der Waals surface area contributed by atoms with Gasteiger partial charge in [0.1, 0.15) is 27.8 Å². The smallest absolute Gasteiger partial charge is 0.163 e. The number of hydrogen-bond acceptors (Lipinski definition) is 8. The Morgan fingerprint density at radius 3 is 2.32 bits per heavy atom. The summed E-state index contributed by atoms with van der Waals surface area (Å²) in [6, 6.07) is 27.8. The van der Waals surface area contributed by atoms with E-state index in [-0.39, 0.29) is 0 Å². The summed E-state index contributed by atoms with van der Waals surface area (Å²) in [4.78, 5) is 10.8. The van der Waals surface area contributed by atoms with Crippen LogP contribution in [0, 0.1) is 0 Å². The molecule has 3 heterocycles. The number of ether oxygens (including phenoxy) is 2. The van der Waals surface area contributed by atoms with Crippen molar-refractivity contribution < 1.29 is 14.0 Å². The standard InChI is InChI=1S/C30H24N4O3S/c1-35-21-13-14-23(26(16-21)36-2)25-15-22(37-34-25)17-31-29-27-24(19-9-5-3-6-10-19)18-38-30(27)33-28(32-29)20-11-7-4-8-12-20/h3-16,18H,17H2,1-2H3,(H,31,32,33). The van der Waals surface area contributed by atoms with E-state index >= 15 is 0 Å². The second kappa shape index (κ2) is 10.4. The minimum atomic E-state index is 0.399. The summed E-state index contributed by atoms with van der Waals surface area (Å²) < 4.78 is 16.5. The van der Waals surface area contributed by atoms with Gasteiger partial charge in [-0.1, -0.05) is 65.8 Å². The summed E-state index contributed by atoms with van der Waals surface area (Å²) in [6.45, 7) is 0.399. The number of nitrogens with zero attached hydrogens (tertiary/aromatic N) is 3. The number of fused-ring (bicyclic) bond motifs is 1. The third kappa shape index (κ3) is 4.57. The molecule has 0 radical (unpaired) electrons. The molecule has 0 aliphatic rings. The summed E-state index contributed by atoms with van der Waals surface area (Å²) in [5.41, 5.74) is 4.67. The number of rotatable bonds is 8. The molecule has 1 N–H and O–H groups in total. The fraction of sp³-hybridized carbons (Fsp3) is 0.100. The molecular weight excluding hydrogens is 496 g/mol. The topological polar surface area (TPSA) is 82.3 Å². The van der Waals surface area contributed by atoms with Crippen molar-refractivity contribution in [3.8, 4) is 45.3 Å². The average molecular weight is 521 g/mol. The van der Waals surface area contributed by atoms with Crippen molar-refractivity contribution in [1.29, 1.82) is 0 Å². The SMILES string of the molecule is COc1ccc(-c2cc(CNc3nc(-c4ccccc4)nc4scc(-c5ccccc5)c34)on2)c(OC)c1. The Hall–Kier alpha value is -4.69. The Kier molecular flexibility index (Phi) is 6.46. The molecule has 6 rings (SSSR count). The zero-order valence-electron chi connectivity index (χ0n) is 20.8. The van der Waals surface area contributed by atoms with Crippen molar-refractivity contribution in [2.24, 2.45) is 0 Å². The van der Waals surface area contributed by atoms with E-state index in [0.717, 1.165) is 38.3 Å². The molecule has 0 bridgehead atoms. The minimum Gasteiger partial charge on any atom is -0.497 e. The van der Waals surface area contributed by atoms with Crippen LogP contribution in [0.5, 0.6) is 11.5 Å². The molecule has 38 heavy (non-hydrogen) atoms. The van der Waals surface area contributed by atoms with Crippen molar-refractivity contribution in [2.75, 3.05) is 19.5 Å². The Bertz CT molecular complexity index is 1700. The van der Waals surface area contributed by atoms with Gasteiger partial charge in [-0.2, -0.15) is 0 Å². The van der Waals surface area contributed by atoms with Gasteiger partial charge in [0, 0.05) is 34.2 Å². The van der Waals surface area contributed by atoms with Gasteiger partial charge in [-0.3, -0.25) is 0 Å². The maximum atomic E-state index is 5.68. The molecule has 0 spiro atoms. The lowest BCUT2D eigenvalue weighted by atomic mass is 10.1. The Labute approximate surface area is 223 Å². The van der Waals surface area contributed by atoms with Gasteiger partial charge in [-0.05, 0) is 17.7 Å². The van der Waals surface area contributed by atoms with Gasteiger partial charge in [0.2, 0.25) is 0 Å². The number of thiophene rings is 1. The molecule has 0 saturated heterocycles. The van der Waals surface area contributed by atoms with Crippen LogP contribution in [0.4, 0.5) is 5.82 Å². The highest BCUT2D eigenvalue weighted by molar-refractivity contribution is 7.17. The van der Waals surface area contributed by atoms with E-state index in [4.69, 9.17) is 24.0 Å². The summed E-state index contributed by atoms with van der Waals surface area (Å²) in [5, 5.41) is 10.9. The van der Waals surface area contributed by atoms with Crippen LogP contribution in [0.15, 0.2) is 94.8 Å². The van der Waals surface area contributed by atoms with E-state index in [2.05, 4.69) is 28.0 Å². The summed E-state index contributed by atoms with van der Waals surface area (Å²) in [5.74, 6) is 3.45. The van der Waals surface area contributed by atoms with Crippen molar-refractivity contribution >= 4 is 27.4 Å². The van der Waals surface area contributed by atoms with Crippen LogP contribution in [-0.4, -0.2) is 29.3 Å². The highest BCUT2D eigenvalue weighted by atomic mass is 32.1. The van der Waals surface area contributed by atoms with E-state index in [9.17, 15) is 0 Å². The molecule has 3 aromatic heterocycles. The van der Waals surface area contributed by atoms with E-state index in [0.29, 0.717) is 35.3 Å². The lowest BCUT2D eigenvalue weighted by Crippen LogP contribution is -2.03. The highest BCUT2D eigenvalue weighted by Gasteiger charge is 2.18. The van der Waals surface area contributed by atoms with Crippen LogP contribution >= 0.6 is 11.3 Å². The lowest BCUT2D eigenvalue weighted by molar-refractivity contribution is 0.386. The van der Waals surface area contributed by atoms with Crippen LogP contribution in [0.25, 0.3) is 44.0 Å². The molecule has 0 atom stereocenters. The quantitative estimate of drug-likeness (QED) is 0.225. The van der Waals surface area contributed by atoms with Crippen molar-refractivity contribution in [1.82, 2.24) is 15.1 Å². The molecule has 0 saturated carbocycles. The first-order valence-corrected chi connectivity index (χ1v) is 12.9. The van der Waals surface area contributed by atoms with Crippen LogP contribution in [0.1, 0.15) is 5.76 Å². The number of anilines is 1. The molecule has 0 unspecified atom stereocenters. The van der Waals surface area contributed by atoms with Gasteiger partial charge in [0.05, 0.1) is 26.2 Å². The molecule has 188 valence electrons. The normalized spacial score (nSPS) is 11.0. The van der Waals surface area contributed by atoms with Gasteiger partial charge in [0.25, 0.3) is 0 Å². The molecule has 0 amide bonds. The van der Waals surface area contributed by atoms with E-state index < -0.39 is 0 Å². The van der Waals surface area contributed by atoms with Crippen LogP contribution in [0.2, 0.25) is 0 Å². The number of hydrogen-bond donors (Lipinski definition) is 1. The fourth-order valence-corrected chi connectivity index (χ4v) is 5.27. The first kappa shape index (κ1) is 23.7. The Morgan fingerprint density at radius 2 is 1.58 bits per heavy atom. The van der Waals surface area contributed by atoms with Gasteiger partial charge >= 0.3 is 0 Å². The fourth-order valence-electron chi connectivity index (χ4n) is 4.32. The number of aromatic nitrogens is 3. The first-order valence-electron chi connectivity index (χ1n) is 12.1. The van der Waals surface area contributed by atoms with E-state index in [1.54, 1.807) is 25.6 Å². The van der Waals surface area contributed by atoms with Gasteiger partial charge in [-0.15, -0.1) is 11.3 Å². The Morgan fingerprint density at radius 1 is 0.816 bits per heavy atom. The van der Waals surface area contributed by atoms with Gasteiger partial charge < -0.3 is 19.3 Å². The minimum absolute atomic E-state index is 0.399. The summed E-state index contributed by atoms with van der Waals surface area (Å²) in [6.07, 6.45) is 0. The molecule has 6 aromatic rings. The van der Waals surface area contributed by atoms with Crippen molar-refractivity contribution in [3.05, 3.63) is 96.1 Å². The molecule has 0 fully saturated rings. The van der Waals surface area contributed by atoms with Crippen LogP contribution in [-0.2, 0) is 6.54 Å². The molecule has 3 aromatic carbocycles. The first-order chi connectivity index (χ1) is 18.7. The van der Waals surface area contributed by atoms with Crippen molar-refractivity contribution in [2.45, 2.75) is 6.54 Å².